The van der Waals surface area contributed by atoms with Gasteiger partial charge in [0, 0.05) is 57.6 Å². The average Bonchev–Trinajstić information content (AvgIpc) is 3.61. The van der Waals surface area contributed by atoms with E-state index in [9.17, 15) is 0 Å². The number of hydrogen-bond acceptors (Lipinski definition) is 5. The summed E-state index contributed by atoms with van der Waals surface area (Å²) < 4.78 is 0. The number of alkyl halides is 1. The highest BCUT2D eigenvalue weighted by molar-refractivity contribution is 9.09. The molecule has 1 aromatic rings. The van der Waals surface area contributed by atoms with Gasteiger partial charge in [-0.25, -0.2) is 10.0 Å². The molecule has 1 N–H and O–H groups in total. The van der Waals surface area contributed by atoms with E-state index in [0.29, 0.717) is 12.1 Å². The van der Waals surface area contributed by atoms with Gasteiger partial charge in [0.15, 0.2) is 0 Å². The summed E-state index contributed by atoms with van der Waals surface area (Å²) in [6.07, 6.45) is 22.7. The fourth-order valence-corrected chi connectivity index (χ4v) is 6.78. The van der Waals surface area contributed by atoms with Crippen molar-refractivity contribution in [3.8, 4) is 0 Å². The maximum absolute atomic E-state index is 4.50. The van der Waals surface area contributed by atoms with Crippen LogP contribution in [0.3, 0.4) is 0 Å². The zero-order valence-corrected chi connectivity index (χ0v) is 25.3. The lowest BCUT2D eigenvalue weighted by Crippen LogP contribution is -2.66. The fourth-order valence-electron chi connectivity index (χ4n) is 6.32. The number of hydrazine groups is 1. The number of nitrogens with zero attached hydrogens (tertiary/aromatic N) is 4. The van der Waals surface area contributed by atoms with Crippen molar-refractivity contribution in [1.82, 2.24) is 20.2 Å². The second kappa shape index (κ2) is 10.1. The number of allylic oxidation sites excluding steroid dienone is 7. The summed E-state index contributed by atoms with van der Waals surface area (Å²) in [5.74, 6) is 0.711. The number of rotatable bonds is 7. The third-order valence-electron chi connectivity index (χ3n) is 8.90. The van der Waals surface area contributed by atoms with Crippen LogP contribution in [0.5, 0.6) is 0 Å². The Morgan fingerprint density at radius 1 is 1.21 bits per heavy atom. The van der Waals surface area contributed by atoms with Crippen LogP contribution in [-0.4, -0.2) is 72.2 Å². The second-order valence-electron chi connectivity index (χ2n) is 11.9. The van der Waals surface area contributed by atoms with Crippen molar-refractivity contribution >= 4 is 21.6 Å². The Labute approximate surface area is 242 Å². The number of anilines is 1. The molecule has 5 atom stereocenters. The molecule has 4 aliphatic heterocycles. The van der Waals surface area contributed by atoms with Crippen molar-refractivity contribution in [3.63, 3.8) is 0 Å². The molecule has 1 saturated carbocycles. The van der Waals surface area contributed by atoms with Crippen LogP contribution in [0.15, 0.2) is 102 Å². The molecule has 6 heteroatoms. The lowest BCUT2D eigenvalue weighted by Gasteiger charge is -2.51. The largest absolute Gasteiger partial charge is 0.376 e. The smallest absolute Gasteiger partial charge is 0.0902 e. The highest BCUT2D eigenvalue weighted by atomic mass is 79.9. The molecule has 6 aliphatic rings. The minimum atomic E-state index is 0.224. The lowest BCUT2D eigenvalue weighted by molar-refractivity contribution is 0.0449. The van der Waals surface area contributed by atoms with Crippen molar-refractivity contribution in [1.29, 1.82) is 0 Å². The molecular weight excluding hydrogens is 546 g/mol. The predicted molar refractivity (Wildman–Crippen MR) is 167 cm³/mol. The Bertz CT molecular complexity index is 1360. The Morgan fingerprint density at radius 3 is 2.79 bits per heavy atom. The van der Waals surface area contributed by atoms with Gasteiger partial charge in [0.05, 0.1) is 17.0 Å². The summed E-state index contributed by atoms with van der Waals surface area (Å²) in [6.45, 7) is 7.64. The van der Waals surface area contributed by atoms with Crippen LogP contribution in [-0.2, 0) is 6.42 Å². The first-order valence-corrected chi connectivity index (χ1v) is 14.8. The Balaban J connectivity index is 1.26. The molecule has 0 amide bonds. The highest BCUT2D eigenvalue weighted by Gasteiger charge is 2.70. The van der Waals surface area contributed by atoms with Gasteiger partial charge in [-0.2, -0.15) is 0 Å². The van der Waals surface area contributed by atoms with Crippen LogP contribution >= 0.6 is 15.9 Å². The molecule has 39 heavy (non-hydrogen) atoms. The van der Waals surface area contributed by atoms with E-state index in [1.807, 2.05) is 0 Å². The van der Waals surface area contributed by atoms with Crippen LogP contribution in [0.25, 0.3) is 0 Å². The summed E-state index contributed by atoms with van der Waals surface area (Å²) in [5, 5.41) is 8.20. The molecule has 204 valence electrons. The van der Waals surface area contributed by atoms with E-state index in [1.165, 1.54) is 40.1 Å². The molecular formula is C33H40BrN5. The van der Waals surface area contributed by atoms with Gasteiger partial charge in [0.2, 0.25) is 0 Å². The molecule has 2 aliphatic carbocycles. The fraction of sp³-hybridized carbons (Fsp3) is 0.394. The molecule has 0 radical (unpaired) electrons. The van der Waals surface area contributed by atoms with Crippen molar-refractivity contribution < 1.29 is 0 Å². The van der Waals surface area contributed by atoms with Crippen LogP contribution < -0.4 is 10.2 Å². The van der Waals surface area contributed by atoms with Gasteiger partial charge in [-0.15, -0.1) is 0 Å². The molecule has 5 unspecified atom stereocenters. The van der Waals surface area contributed by atoms with Crippen molar-refractivity contribution in [2.75, 3.05) is 39.6 Å². The predicted octanol–water partition coefficient (Wildman–Crippen LogP) is 5.46. The van der Waals surface area contributed by atoms with Crippen LogP contribution in [0.4, 0.5) is 5.69 Å². The summed E-state index contributed by atoms with van der Waals surface area (Å²) in [5.41, 5.74) is 9.19. The van der Waals surface area contributed by atoms with Gasteiger partial charge < -0.3 is 9.80 Å². The molecule has 0 aromatic heterocycles. The normalized spacial score (nSPS) is 30.8. The molecule has 2 fully saturated rings. The van der Waals surface area contributed by atoms with Crippen molar-refractivity contribution in [2.24, 2.45) is 5.92 Å². The summed E-state index contributed by atoms with van der Waals surface area (Å²) in [6, 6.07) is 7.18. The topological polar surface area (TPSA) is 25.0 Å². The molecule has 5 nitrogen and oxygen atoms in total. The quantitative estimate of drug-likeness (QED) is 0.338. The van der Waals surface area contributed by atoms with Crippen molar-refractivity contribution in [3.05, 3.63) is 113 Å². The second-order valence-corrected chi connectivity index (χ2v) is 13.0. The Kier molecular flexibility index (Phi) is 6.87. The number of benzene rings is 1. The van der Waals surface area contributed by atoms with Crippen LogP contribution in [0, 0.1) is 12.8 Å². The van der Waals surface area contributed by atoms with Crippen LogP contribution in [0.1, 0.15) is 17.5 Å². The van der Waals surface area contributed by atoms with Gasteiger partial charge in [0.1, 0.15) is 0 Å². The van der Waals surface area contributed by atoms with Crippen molar-refractivity contribution in [2.45, 2.75) is 42.3 Å². The van der Waals surface area contributed by atoms with E-state index in [-0.39, 0.29) is 16.4 Å². The maximum Gasteiger partial charge on any atom is 0.0902 e. The molecule has 1 spiro atoms. The van der Waals surface area contributed by atoms with E-state index in [4.69, 9.17) is 0 Å². The highest BCUT2D eigenvalue weighted by Crippen LogP contribution is 2.61. The first-order chi connectivity index (χ1) is 18.6. The molecule has 4 heterocycles. The van der Waals surface area contributed by atoms with E-state index < -0.39 is 0 Å². The number of aryl methyl sites for hydroxylation is 1. The SMILES string of the molecule is C=C(Cc1ccc(C)c(N2C(C3=CC(Br)C=CN(C)C3)=CC34CC3C2N4)c1)C1=CC=CC(N(C)N(C)C)C=C1. The zero-order chi connectivity index (χ0) is 27.5. The van der Waals surface area contributed by atoms with Gasteiger partial charge in [-0.05, 0) is 66.0 Å². The minimum Gasteiger partial charge on any atom is -0.376 e. The van der Waals surface area contributed by atoms with Gasteiger partial charge >= 0.3 is 0 Å². The Hall–Kier alpha value is -2.64. The number of halogens is 1. The molecule has 2 bridgehead atoms. The zero-order valence-electron chi connectivity index (χ0n) is 23.7. The number of nitrogens with one attached hydrogen (secondary N) is 1. The maximum atomic E-state index is 4.50. The summed E-state index contributed by atoms with van der Waals surface area (Å²) in [7, 11) is 8.40. The summed E-state index contributed by atoms with van der Waals surface area (Å²) >= 11 is 3.83. The molecule has 7 rings (SSSR count). The minimum absolute atomic E-state index is 0.224. The average molecular weight is 587 g/mol. The monoisotopic (exact) mass is 585 g/mol. The first-order valence-electron chi connectivity index (χ1n) is 13.9. The third-order valence-corrected chi connectivity index (χ3v) is 9.47. The number of fused-ring (bicyclic) bond motifs is 1. The van der Waals surface area contributed by atoms with E-state index >= 15 is 0 Å². The Morgan fingerprint density at radius 2 is 2.03 bits per heavy atom. The van der Waals surface area contributed by atoms with Gasteiger partial charge in [-0.1, -0.05) is 77.2 Å². The number of hydrogen-bond donors (Lipinski definition) is 1. The summed E-state index contributed by atoms with van der Waals surface area (Å²) in [4.78, 5) is 5.10. The van der Waals surface area contributed by atoms with E-state index in [0.717, 1.165) is 18.5 Å². The van der Waals surface area contributed by atoms with Gasteiger partial charge in [-0.3, -0.25) is 5.32 Å². The third kappa shape index (κ3) is 4.93. The lowest BCUT2D eigenvalue weighted by atomic mass is 9.89. The molecule has 1 saturated heterocycles. The van der Waals surface area contributed by atoms with E-state index in [2.05, 4.69) is 156 Å². The number of likely N-dealkylation sites (N-methyl/N-ethyl adjacent to an activating group) is 2. The van der Waals surface area contributed by atoms with E-state index in [1.54, 1.807) is 0 Å². The van der Waals surface area contributed by atoms with Gasteiger partial charge in [0.25, 0.3) is 0 Å². The standard InChI is InChI=1S/C33H40BrN5/c1-22-10-11-24(16-23(2)25-8-7-9-28(13-12-25)38(6)36(3)4)17-30(22)39-31(20-33-19-29(33)32(39)35-33)26-18-27(34)14-15-37(5)21-26/h7-15,17-18,20,27-29,32,35H,2,16,19,21H2,1,3-6H3. The first kappa shape index (κ1) is 26.6. The van der Waals surface area contributed by atoms with Crippen LogP contribution in [0.2, 0.25) is 0 Å². The molecule has 1 aromatic carbocycles.